The molecule has 2 aromatic rings. The predicted octanol–water partition coefficient (Wildman–Crippen LogP) is 2.96. The van der Waals surface area contributed by atoms with E-state index in [0.29, 0.717) is 36.9 Å². The van der Waals surface area contributed by atoms with Crippen molar-refractivity contribution in [3.63, 3.8) is 0 Å². The van der Waals surface area contributed by atoms with Gasteiger partial charge in [0.2, 0.25) is 0 Å². The summed E-state index contributed by atoms with van der Waals surface area (Å²) in [6.07, 6.45) is -6.83. The van der Waals surface area contributed by atoms with Crippen molar-refractivity contribution < 1.29 is 32.6 Å². The van der Waals surface area contributed by atoms with Gasteiger partial charge >= 0.3 is 12.1 Å². The number of carbonyl (C=O) groups excluding carboxylic acids is 2. The van der Waals surface area contributed by atoms with E-state index in [-0.39, 0.29) is 16.8 Å². The number of carbonyl (C=O) groups is 2. The zero-order chi connectivity index (χ0) is 21.9. The molecule has 3 rings (SSSR count). The Morgan fingerprint density at radius 2 is 1.73 bits per heavy atom. The summed E-state index contributed by atoms with van der Waals surface area (Å²) in [5.74, 6) is -2.77. The third-order valence-electron chi connectivity index (χ3n) is 4.90. The Morgan fingerprint density at radius 3 is 2.33 bits per heavy atom. The SMILES string of the molecule is CN(C(=O)C(F)(F)F)c1cc(N2CCOCC2)ccc1C(O)C(=O)c1ccccc1. The molecule has 0 saturated carbocycles. The number of amides is 1. The maximum atomic E-state index is 13.0. The van der Waals surface area contributed by atoms with Gasteiger partial charge in [0.1, 0.15) is 6.10 Å². The summed E-state index contributed by atoms with van der Waals surface area (Å²) in [4.78, 5) is 26.9. The third kappa shape index (κ3) is 4.63. The first-order chi connectivity index (χ1) is 14.2. The van der Waals surface area contributed by atoms with Gasteiger partial charge in [-0.25, -0.2) is 0 Å². The van der Waals surface area contributed by atoms with E-state index in [2.05, 4.69) is 0 Å². The highest BCUT2D eigenvalue weighted by Gasteiger charge is 2.42. The summed E-state index contributed by atoms with van der Waals surface area (Å²) in [5.41, 5.74) is 0.510. The number of alkyl halides is 3. The van der Waals surface area contributed by atoms with Crippen LogP contribution in [0.4, 0.5) is 24.5 Å². The van der Waals surface area contributed by atoms with Crippen molar-refractivity contribution in [2.45, 2.75) is 12.3 Å². The van der Waals surface area contributed by atoms with Gasteiger partial charge in [-0.1, -0.05) is 36.4 Å². The van der Waals surface area contributed by atoms with Gasteiger partial charge in [0.25, 0.3) is 0 Å². The van der Waals surface area contributed by atoms with Gasteiger partial charge in [0.15, 0.2) is 5.78 Å². The molecule has 1 aliphatic heterocycles. The Hall–Kier alpha value is -2.91. The van der Waals surface area contributed by atoms with Gasteiger partial charge in [-0.2, -0.15) is 13.2 Å². The number of halogens is 3. The molecule has 6 nitrogen and oxygen atoms in total. The van der Waals surface area contributed by atoms with Crippen LogP contribution in [-0.4, -0.2) is 56.3 Å². The molecular weight excluding hydrogens is 401 g/mol. The monoisotopic (exact) mass is 422 g/mol. The predicted molar refractivity (Wildman–Crippen MR) is 105 cm³/mol. The molecule has 9 heteroatoms. The van der Waals surface area contributed by atoms with E-state index >= 15 is 0 Å². The third-order valence-corrected chi connectivity index (χ3v) is 4.90. The number of aliphatic hydroxyl groups is 1. The van der Waals surface area contributed by atoms with Crippen LogP contribution in [0.5, 0.6) is 0 Å². The Kier molecular flexibility index (Phi) is 6.42. The molecule has 30 heavy (non-hydrogen) atoms. The largest absolute Gasteiger partial charge is 0.471 e. The summed E-state index contributed by atoms with van der Waals surface area (Å²) < 4.78 is 44.4. The van der Waals surface area contributed by atoms with Gasteiger partial charge in [-0.3, -0.25) is 9.59 Å². The number of Topliss-reactive ketones (excluding diaryl/α,β-unsaturated/α-hetero) is 1. The van der Waals surface area contributed by atoms with Gasteiger partial charge in [-0.15, -0.1) is 0 Å². The lowest BCUT2D eigenvalue weighted by molar-refractivity contribution is -0.170. The minimum absolute atomic E-state index is 0.0824. The number of hydrogen-bond acceptors (Lipinski definition) is 5. The molecule has 1 saturated heterocycles. The highest BCUT2D eigenvalue weighted by Crippen LogP contribution is 2.34. The van der Waals surface area contributed by atoms with Crippen LogP contribution >= 0.6 is 0 Å². The fourth-order valence-electron chi connectivity index (χ4n) is 3.27. The summed E-state index contributed by atoms with van der Waals surface area (Å²) in [5, 5.41) is 10.7. The van der Waals surface area contributed by atoms with E-state index in [1.807, 2.05) is 4.90 Å². The zero-order valence-electron chi connectivity index (χ0n) is 16.2. The number of ketones is 1. The van der Waals surface area contributed by atoms with E-state index in [1.165, 1.54) is 24.3 Å². The minimum atomic E-state index is -5.10. The molecule has 0 bridgehead atoms. The Labute approximate surface area is 171 Å². The highest BCUT2D eigenvalue weighted by atomic mass is 19.4. The first kappa shape index (κ1) is 21.8. The van der Waals surface area contributed by atoms with E-state index in [1.54, 1.807) is 24.3 Å². The molecule has 1 aliphatic rings. The van der Waals surface area contributed by atoms with Crippen LogP contribution < -0.4 is 9.80 Å². The van der Waals surface area contributed by atoms with Crippen molar-refractivity contribution in [2.24, 2.45) is 0 Å². The first-order valence-electron chi connectivity index (χ1n) is 9.29. The smallest absolute Gasteiger partial charge is 0.380 e. The molecule has 1 amide bonds. The summed E-state index contributed by atoms with van der Waals surface area (Å²) in [7, 11) is 0.970. The second-order valence-corrected chi connectivity index (χ2v) is 6.84. The molecule has 1 N–H and O–H groups in total. The fraction of sp³-hybridized carbons (Fsp3) is 0.333. The van der Waals surface area contributed by atoms with Crippen LogP contribution in [0.25, 0.3) is 0 Å². The molecule has 0 aromatic heterocycles. The van der Waals surface area contributed by atoms with Gasteiger partial charge in [0.05, 0.1) is 18.9 Å². The molecular formula is C21H21F3N2O4. The van der Waals surface area contributed by atoms with E-state index < -0.39 is 24.0 Å². The van der Waals surface area contributed by atoms with Crippen molar-refractivity contribution in [2.75, 3.05) is 43.2 Å². The Balaban J connectivity index is 2.02. The zero-order valence-corrected chi connectivity index (χ0v) is 16.2. The minimum Gasteiger partial charge on any atom is -0.380 e. The maximum Gasteiger partial charge on any atom is 0.471 e. The Bertz CT molecular complexity index is 912. The quantitative estimate of drug-likeness (QED) is 0.751. The lowest BCUT2D eigenvalue weighted by Gasteiger charge is -2.31. The number of anilines is 2. The van der Waals surface area contributed by atoms with E-state index in [9.17, 15) is 27.9 Å². The topological polar surface area (TPSA) is 70.1 Å². The van der Waals surface area contributed by atoms with Crippen molar-refractivity contribution in [1.29, 1.82) is 0 Å². The molecule has 1 heterocycles. The second kappa shape index (κ2) is 8.85. The van der Waals surface area contributed by atoms with Crippen molar-refractivity contribution in [3.8, 4) is 0 Å². The number of ether oxygens (including phenoxy) is 1. The van der Waals surface area contributed by atoms with Crippen LogP contribution in [-0.2, 0) is 9.53 Å². The fourth-order valence-corrected chi connectivity index (χ4v) is 3.27. The summed E-state index contributed by atoms with van der Waals surface area (Å²) in [6.45, 7) is 1.98. The molecule has 0 radical (unpaired) electrons. The standard InChI is InChI=1S/C21H21F3N2O4/c1-25(20(29)21(22,23)24)17-13-15(26-9-11-30-12-10-26)7-8-16(17)19(28)18(27)14-5-3-2-4-6-14/h2-8,13,19,28H,9-12H2,1H3. The molecule has 0 spiro atoms. The van der Waals surface area contributed by atoms with Crippen molar-refractivity contribution >= 4 is 23.1 Å². The summed E-state index contributed by atoms with van der Waals surface area (Å²) >= 11 is 0. The van der Waals surface area contributed by atoms with Crippen LogP contribution in [0.2, 0.25) is 0 Å². The van der Waals surface area contributed by atoms with Crippen LogP contribution in [0, 0.1) is 0 Å². The van der Waals surface area contributed by atoms with Crippen LogP contribution in [0.1, 0.15) is 22.0 Å². The summed E-state index contributed by atoms with van der Waals surface area (Å²) in [6, 6.07) is 12.3. The maximum absolute atomic E-state index is 13.0. The molecule has 2 aromatic carbocycles. The van der Waals surface area contributed by atoms with Gasteiger partial charge in [-0.05, 0) is 12.1 Å². The molecule has 160 valence electrons. The Morgan fingerprint density at radius 1 is 1.10 bits per heavy atom. The normalized spacial score (nSPS) is 15.6. The van der Waals surface area contributed by atoms with E-state index in [4.69, 9.17) is 4.74 Å². The number of morpholine rings is 1. The average Bonchev–Trinajstić information content (AvgIpc) is 2.77. The van der Waals surface area contributed by atoms with Gasteiger partial charge < -0.3 is 19.6 Å². The average molecular weight is 422 g/mol. The van der Waals surface area contributed by atoms with E-state index in [0.717, 1.165) is 7.05 Å². The van der Waals surface area contributed by atoms with Crippen LogP contribution in [0.3, 0.4) is 0 Å². The van der Waals surface area contributed by atoms with Crippen LogP contribution in [0.15, 0.2) is 48.5 Å². The number of benzene rings is 2. The molecule has 1 fully saturated rings. The lowest BCUT2D eigenvalue weighted by Crippen LogP contribution is -2.40. The molecule has 1 atom stereocenters. The van der Waals surface area contributed by atoms with Gasteiger partial charge in [0, 0.05) is 37.0 Å². The number of nitrogens with zero attached hydrogens (tertiary/aromatic N) is 2. The molecule has 1 unspecified atom stereocenters. The highest BCUT2D eigenvalue weighted by molar-refractivity contribution is 6.03. The van der Waals surface area contributed by atoms with Crippen molar-refractivity contribution in [1.82, 2.24) is 0 Å². The lowest BCUT2D eigenvalue weighted by atomic mass is 9.97. The number of hydrogen-bond donors (Lipinski definition) is 1. The number of aliphatic hydroxyl groups excluding tert-OH is 1. The number of rotatable bonds is 5. The van der Waals surface area contributed by atoms with Crippen molar-refractivity contribution in [3.05, 3.63) is 59.7 Å². The molecule has 0 aliphatic carbocycles. The second-order valence-electron chi connectivity index (χ2n) is 6.84. The first-order valence-corrected chi connectivity index (χ1v) is 9.29.